The molecule has 0 bridgehead atoms. The van der Waals surface area contributed by atoms with Crippen molar-refractivity contribution in [3.05, 3.63) is 59.1 Å². The first-order valence-electron chi connectivity index (χ1n) is 10.8. The third-order valence-corrected chi connectivity index (χ3v) is 6.02. The highest BCUT2D eigenvalue weighted by Crippen LogP contribution is 2.35. The van der Waals surface area contributed by atoms with Crippen molar-refractivity contribution in [3.63, 3.8) is 0 Å². The number of likely N-dealkylation sites (N-methyl/N-ethyl adjacent to an activating group) is 1. The normalized spacial score (nSPS) is 16.4. The van der Waals surface area contributed by atoms with Gasteiger partial charge in [0.1, 0.15) is 0 Å². The Hall–Kier alpha value is -1.87. The minimum absolute atomic E-state index is 0.392. The van der Waals surface area contributed by atoms with Crippen LogP contribution in [-0.2, 0) is 6.54 Å². The van der Waals surface area contributed by atoms with Crippen molar-refractivity contribution in [1.82, 2.24) is 15.2 Å². The van der Waals surface area contributed by atoms with Gasteiger partial charge in [0.15, 0.2) is 0 Å². The Morgan fingerprint density at radius 3 is 2.79 bits per heavy atom. The summed E-state index contributed by atoms with van der Waals surface area (Å²) in [5, 5.41) is 3.20. The average molecular weight is 382 g/mol. The van der Waals surface area contributed by atoms with E-state index in [4.69, 9.17) is 0 Å². The first-order chi connectivity index (χ1) is 13.5. The average Bonchev–Trinajstić information content (AvgIpc) is 3.51. The maximum Gasteiger partial charge on any atom is 0.0423 e. The molecule has 28 heavy (non-hydrogen) atoms. The van der Waals surface area contributed by atoms with Gasteiger partial charge in [-0.3, -0.25) is 9.88 Å². The van der Waals surface area contributed by atoms with Gasteiger partial charge in [-0.25, -0.2) is 0 Å². The van der Waals surface area contributed by atoms with E-state index >= 15 is 0 Å². The van der Waals surface area contributed by atoms with Gasteiger partial charge in [0.05, 0.1) is 0 Å². The molecule has 1 fully saturated rings. The molecule has 154 valence electrons. The van der Waals surface area contributed by atoms with Gasteiger partial charge in [0.2, 0.25) is 0 Å². The molecule has 0 radical (unpaired) electrons. The smallest absolute Gasteiger partial charge is 0.0423 e. The molecule has 2 rings (SSSR count). The van der Waals surface area contributed by atoms with Crippen molar-refractivity contribution in [2.45, 2.75) is 71.9 Å². The summed E-state index contributed by atoms with van der Waals surface area (Å²) in [6, 6.07) is 2.45. The Kier molecular flexibility index (Phi) is 8.98. The largest absolute Gasteiger partial charge is 0.394 e. The van der Waals surface area contributed by atoms with E-state index in [2.05, 4.69) is 67.9 Å². The first-order valence-corrected chi connectivity index (χ1v) is 10.8. The number of hydrogen-bond donors (Lipinski definition) is 1. The van der Waals surface area contributed by atoms with Crippen LogP contribution in [0.5, 0.6) is 0 Å². The fourth-order valence-electron chi connectivity index (χ4n) is 3.76. The highest BCUT2D eigenvalue weighted by molar-refractivity contribution is 5.52. The summed E-state index contributed by atoms with van der Waals surface area (Å²) in [5.74, 6) is 1.00. The standard InChI is InChI=1S/C25H39N3/c1-7-21(17-26-5)16-24(11-9-10-22-12-13-22)20(4)28(6)18-25-19(3)27-15-14-23(25)8-2/h8,14-17,20,22,26H,2,7,9-13,18H2,1,3-6H3/b21-17-,24-16+. The van der Waals surface area contributed by atoms with Crippen LogP contribution >= 0.6 is 0 Å². The molecule has 1 aromatic rings. The molecule has 0 spiro atoms. The van der Waals surface area contributed by atoms with Crippen LogP contribution in [0.25, 0.3) is 6.08 Å². The topological polar surface area (TPSA) is 28.2 Å². The minimum Gasteiger partial charge on any atom is -0.394 e. The highest BCUT2D eigenvalue weighted by atomic mass is 15.1. The zero-order valence-electron chi connectivity index (χ0n) is 18.6. The second kappa shape index (κ2) is 11.2. The molecule has 0 aromatic carbocycles. The zero-order chi connectivity index (χ0) is 20.5. The number of nitrogens with zero attached hydrogens (tertiary/aromatic N) is 2. The second-order valence-electron chi connectivity index (χ2n) is 8.18. The molecule has 1 atom stereocenters. The molecule has 3 heteroatoms. The van der Waals surface area contributed by atoms with Gasteiger partial charge in [0.25, 0.3) is 0 Å². The van der Waals surface area contributed by atoms with E-state index in [0.717, 1.165) is 24.6 Å². The third-order valence-electron chi connectivity index (χ3n) is 6.02. The molecule has 3 nitrogen and oxygen atoms in total. The van der Waals surface area contributed by atoms with Crippen LogP contribution < -0.4 is 5.32 Å². The maximum absolute atomic E-state index is 4.50. The lowest BCUT2D eigenvalue weighted by Gasteiger charge is -2.29. The van der Waals surface area contributed by atoms with Gasteiger partial charge in [-0.1, -0.05) is 50.5 Å². The molecule has 0 amide bonds. The maximum atomic E-state index is 4.50. The molecule has 1 unspecified atom stereocenters. The van der Waals surface area contributed by atoms with Gasteiger partial charge < -0.3 is 5.32 Å². The van der Waals surface area contributed by atoms with Gasteiger partial charge in [-0.05, 0) is 75.0 Å². The summed E-state index contributed by atoms with van der Waals surface area (Å²) in [5.41, 5.74) is 6.47. The van der Waals surface area contributed by atoms with Crippen LogP contribution in [0.15, 0.2) is 42.3 Å². The van der Waals surface area contributed by atoms with E-state index in [1.54, 1.807) is 0 Å². The molecular weight excluding hydrogens is 342 g/mol. The van der Waals surface area contributed by atoms with E-state index in [0.29, 0.717) is 6.04 Å². The van der Waals surface area contributed by atoms with E-state index in [1.165, 1.54) is 54.4 Å². The summed E-state index contributed by atoms with van der Waals surface area (Å²) in [6.07, 6.45) is 16.2. The molecule has 1 heterocycles. The van der Waals surface area contributed by atoms with Crippen LogP contribution in [0, 0.1) is 12.8 Å². The molecule has 1 aliphatic rings. The van der Waals surface area contributed by atoms with Crippen molar-refractivity contribution in [2.24, 2.45) is 5.92 Å². The minimum atomic E-state index is 0.392. The van der Waals surface area contributed by atoms with Crippen molar-refractivity contribution in [3.8, 4) is 0 Å². The van der Waals surface area contributed by atoms with Crippen LogP contribution in [0.4, 0.5) is 0 Å². The molecule has 0 aliphatic heterocycles. The van der Waals surface area contributed by atoms with E-state index < -0.39 is 0 Å². The molecule has 1 aromatic heterocycles. The van der Waals surface area contributed by atoms with Crippen LogP contribution in [0.3, 0.4) is 0 Å². The Balaban J connectivity index is 2.16. The Labute approximate surface area is 172 Å². The molecule has 1 aliphatic carbocycles. The Bertz CT molecular complexity index is 698. The number of hydrogen-bond acceptors (Lipinski definition) is 3. The summed E-state index contributed by atoms with van der Waals surface area (Å²) in [7, 11) is 4.21. The second-order valence-corrected chi connectivity index (χ2v) is 8.18. The van der Waals surface area contributed by atoms with Gasteiger partial charge in [0, 0.05) is 31.5 Å². The monoisotopic (exact) mass is 381 g/mol. The quantitative estimate of drug-likeness (QED) is 0.459. The van der Waals surface area contributed by atoms with Crippen LogP contribution in [0.1, 0.15) is 69.2 Å². The van der Waals surface area contributed by atoms with Crippen molar-refractivity contribution >= 4 is 6.08 Å². The van der Waals surface area contributed by atoms with E-state index in [1.807, 2.05) is 19.3 Å². The lowest BCUT2D eigenvalue weighted by atomic mass is 9.96. The Morgan fingerprint density at radius 2 is 2.18 bits per heavy atom. The number of allylic oxidation sites excluding steroid dienone is 2. The van der Waals surface area contributed by atoms with E-state index in [-0.39, 0.29) is 0 Å². The zero-order valence-corrected chi connectivity index (χ0v) is 18.6. The summed E-state index contributed by atoms with van der Waals surface area (Å²) in [4.78, 5) is 6.95. The first kappa shape index (κ1) is 22.4. The predicted molar refractivity (Wildman–Crippen MR) is 122 cm³/mol. The highest BCUT2D eigenvalue weighted by Gasteiger charge is 2.22. The number of pyridine rings is 1. The number of aryl methyl sites for hydroxylation is 1. The van der Waals surface area contributed by atoms with Gasteiger partial charge >= 0.3 is 0 Å². The Morgan fingerprint density at radius 1 is 1.43 bits per heavy atom. The van der Waals surface area contributed by atoms with E-state index in [9.17, 15) is 0 Å². The van der Waals surface area contributed by atoms with Crippen molar-refractivity contribution < 1.29 is 0 Å². The number of nitrogens with one attached hydrogen (secondary N) is 1. The number of rotatable bonds is 12. The summed E-state index contributed by atoms with van der Waals surface area (Å²) >= 11 is 0. The molecule has 1 saturated carbocycles. The van der Waals surface area contributed by atoms with Gasteiger partial charge in [-0.15, -0.1) is 0 Å². The lowest BCUT2D eigenvalue weighted by Crippen LogP contribution is -2.31. The lowest BCUT2D eigenvalue weighted by molar-refractivity contribution is 0.272. The predicted octanol–water partition coefficient (Wildman–Crippen LogP) is 5.87. The fourth-order valence-corrected chi connectivity index (χ4v) is 3.76. The molecule has 0 saturated heterocycles. The summed E-state index contributed by atoms with van der Waals surface area (Å²) < 4.78 is 0. The van der Waals surface area contributed by atoms with Crippen LogP contribution in [-0.4, -0.2) is 30.0 Å². The molecule has 1 N–H and O–H groups in total. The third kappa shape index (κ3) is 6.63. The van der Waals surface area contributed by atoms with Crippen LogP contribution in [0.2, 0.25) is 0 Å². The SMILES string of the molecule is C=Cc1ccnc(C)c1CN(C)C(C)/C(=C/C(=C\NC)CC)CCCC1CC1. The summed E-state index contributed by atoms with van der Waals surface area (Å²) in [6.45, 7) is 11.5. The van der Waals surface area contributed by atoms with Crippen molar-refractivity contribution in [2.75, 3.05) is 14.1 Å². The fraction of sp³-hybridized carbons (Fsp3) is 0.560. The number of aromatic nitrogens is 1. The molecular formula is C25H39N3. The van der Waals surface area contributed by atoms with Gasteiger partial charge in [-0.2, -0.15) is 0 Å². The van der Waals surface area contributed by atoms with Crippen molar-refractivity contribution in [1.29, 1.82) is 0 Å².